The Morgan fingerprint density at radius 1 is 1.41 bits per heavy atom. The number of nitrogens with one attached hydrogen (secondary N) is 2. The van der Waals surface area contributed by atoms with Crippen molar-refractivity contribution in [2.24, 2.45) is 7.05 Å². The van der Waals surface area contributed by atoms with E-state index in [1.165, 1.54) is 0 Å². The first-order valence-corrected chi connectivity index (χ1v) is 9.95. The fourth-order valence-electron chi connectivity index (χ4n) is 3.19. The molecule has 4 rings (SSSR count). The van der Waals surface area contributed by atoms with Gasteiger partial charge in [0.05, 0.1) is 12.1 Å². The van der Waals surface area contributed by atoms with Crippen molar-refractivity contribution >= 4 is 23.2 Å². The molecular formula is C18H22N6O2S. The molecule has 0 atom stereocenters. The lowest BCUT2D eigenvalue weighted by Crippen LogP contribution is -2.27. The van der Waals surface area contributed by atoms with E-state index in [0.29, 0.717) is 29.2 Å². The molecule has 1 aliphatic heterocycles. The summed E-state index contributed by atoms with van der Waals surface area (Å²) in [6, 6.07) is 1.95. The van der Waals surface area contributed by atoms with Crippen LogP contribution in [0.1, 0.15) is 36.0 Å². The van der Waals surface area contributed by atoms with Crippen LogP contribution in [0.3, 0.4) is 0 Å². The van der Waals surface area contributed by atoms with Crippen molar-refractivity contribution in [1.82, 2.24) is 25.1 Å². The number of amides is 1. The molecule has 3 aromatic rings. The van der Waals surface area contributed by atoms with Crippen LogP contribution in [0.25, 0.3) is 11.5 Å². The van der Waals surface area contributed by atoms with E-state index in [-0.39, 0.29) is 12.3 Å². The van der Waals surface area contributed by atoms with Crippen LogP contribution in [0.5, 0.6) is 0 Å². The van der Waals surface area contributed by atoms with Crippen LogP contribution in [0.15, 0.2) is 21.2 Å². The Morgan fingerprint density at radius 2 is 2.22 bits per heavy atom. The summed E-state index contributed by atoms with van der Waals surface area (Å²) in [6.07, 6.45) is 2.16. The maximum Gasteiger partial charge on any atom is 0.232 e. The first-order valence-electron chi connectivity index (χ1n) is 9.00. The van der Waals surface area contributed by atoms with Crippen molar-refractivity contribution < 1.29 is 9.21 Å². The van der Waals surface area contributed by atoms with Gasteiger partial charge in [0.1, 0.15) is 5.76 Å². The Morgan fingerprint density at radius 3 is 2.96 bits per heavy atom. The second kappa shape index (κ2) is 7.61. The van der Waals surface area contributed by atoms with Crippen molar-refractivity contribution in [3.8, 4) is 11.5 Å². The van der Waals surface area contributed by atoms with E-state index in [2.05, 4.69) is 25.7 Å². The third kappa shape index (κ3) is 3.93. The first kappa shape index (κ1) is 17.9. The summed E-state index contributed by atoms with van der Waals surface area (Å²) in [6.45, 7) is 3.77. The lowest BCUT2D eigenvalue weighted by molar-refractivity contribution is -0.115. The number of aromatic nitrogens is 4. The third-order valence-electron chi connectivity index (χ3n) is 4.72. The summed E-state index contributed by atoms with van der Waals surface area (Å²) in [5.41, 5.74) is 1.56. The van der Waals surface area contributed by atoms with Crippen LogP contribution < -0.4 is 10.6 Å². The normalized spacial score (nSPS) is 15.2. The fourth-order valence-corrected chi connectivity index (χ4v) is 3.82. The molecule has 0 spiro atoms. The zero-order valence-corrected chi connectivity index (χ0v) is 16.2. The third-order valence-corrected chi connectivity index (χ3v) is 5.41. The highest BCUT2D eigenvalue weighted by Gasteiger charge is 2.22. The number of aryl methyl sites for hydroxylation is 2. The molecule has 9 heteroatoms. The van der Waals surface area contributed by atoms with Gasteiger partial charge in [-0.25, -0.2) is 9.67 Å². The molecule has 0 aromatic carbocycles. The van der Waals surface area contributed by atoms with E-state index in [4.69, 9.17) is 4.42 Å². The average Bonchev–Trinajstić information content (AvgIpc) is 3.38. The van der Waals surface area contributed by atoms with Crippen LogP contribution in [0.4, 0.5) is 5.95 Å². The summed E-state index contributed by atoms with van der Waals surface area (Å²) in [4.78, 5) is 21.5. The monoisotopic (exact) mass is 386 g/mol. The smallest absolute Gasteiger partial charge is 0.232 e. The van der Waals surface area contributed by atoms with E-state index in [0.717, 1.165) is 37.3 Å². The molecule has 8 nitrogen and oxygen atoms in total. The van der Waals surface area contributed by atoms with E-state index in [1.807, 2.05) is 23.8 Å². The summed E-state index contributed by atoms with van der Waals surface area (Å²) < 4.78 is 7.32. The molecule has 0 bridgehead atoms. The molecule has 142 valence electrons. The van der Waals surface area contributed by atoms with E-state index >= 15 is 0 Å². The van der Waals surface area contributed by atoms with Crippen LogP contribution in [0.2, 0.25) is 0 Å². The molecule has 0 aliphatic carbocycles. The molecular weight excluding hydrogens is 364 g/mol. The van der Waals surface area contributed by atoms with Gasteiger partial charge in [-0.2, -0.15) is 21.4 Å². The number of hydrogen-bond acceptors (Lipinski definition) is 7. The summed E-state index contributed by atoms with van der Waals surface area (Å²) >= 11 is 1.58. The minimum Gasteiger partial charge on any atom is -0.441 e. The molecule has 1 fully saturated rings. The van der Waals surface area contributed by atoms with Gasteiger partial charge in [-0.3, -0.25) is 10.1 Å². The van der Waals surface area contributed by atoms with E-state index < -0.39 is 0 Å². The SMILES string of the molecule is Cc1oc(-c2ccsc2)nc1CC(=O)Nc1nc(C2CCNCC2)nn1C. The highest BCUT2D eigenvalue weighted by molar-refractivity contribution is 7.08. The number of nitrogens with zero attached hydrogens (tertiary/aromatic N) is 4. The second-order valence-corrected chi connectivity index (χ2v) is 7.48. The minimum atomic E-state index is -0.185. The van der Waals surface area contributed by atoms with Crippen molar-refractivity contribution in [2.45, 2.75) is 32.1 Å². The highest BCUT2D eigenvalue weighted by atomic mass is 32.1. The molecule has 2 N–H and O–H groups in total. The zero-order chi connectivity index (χ0) is 18.8. The van der Waals surface area contributed by atoms with Gasteiger partial charge in [0.2, 0.25) is 17.7 Å². The van der Waals surface area contributed by atoms with Gasteiger partial charge >= 0.3 is 0 Å². The number of oxazole rings is 1. The molecule has 0 unspecified atom stereocenters. The van der Waals surface area contributed by atoms with Gasteiger partial charge < -0.3 is 9.73 Å². The van der Waals surface area contributed by atoms with Gasteiger partial charge in [-0.15, -0.1) is 0 Å². The van der Waals surface area contributed by atoms with Crippen molar-refractivity contribution in [3.63, 3.8) is 0 Å². The lowest BCUT2D eigenvalue weighted by Gasteiger charge is -2.19. The first-order chi connectivity index (χ1) is 13.1. The molecule has 1 saturated heterocycles. The van der Waals surface area contributed by atoms with Crippen LogP contribution in [-0.2, 0) is 18.3 Å². The number of thiophene rings is 1. The fraction of sp³-hybridized carbons (Fsp3) is 0.444. The number of anilines is 1. The molecule has 1 aliphatic rings. The Bertz CT molecular complexity index is 924. The largest absolute Gasteiger partial charge is 0.441 e. The number of carbonyl (C=O) groups is 1. The summed E-state index contributed by atoms with van der Waals surface area (Å²) in [7, 11) is 1.79. The number of piperidine rings is 1. The Labute approximate surface area is 161 Å². The van der Waals surface area contributed by atoms with Crippen LogP contribution >= 0.6 is 11.3 Å². The van der Waals surface area contributed by atoms with Crippen LogP contribution in [-0.4, -0.2) is 38.7 Å². The van der Waals surface area contributed by atoms with E-state index in [1.54, 1.807) is 23.1 Å². The lowest BCUT2D eigenvalue weighted by atomic mass is 9.98. The van der Waals surface area contributed by atoms with Gasteiger partial charge in [-0.1, -0.05) is 0 Å². The predicted molar refractivity (Wildman–Crippen MR) is 103 cm³/mol. The zero-order valence-electron chi connectivity index (χ0n) is 15.4. The van der Waals surface area contributed by atoms with Crippen molar-refractivity contribution in [1.29, 1.82) is 0 Å². The molecule has 0 radical (unpaired) electrons. The summed E-state index contributed by atoms with van der Waals surface area (Å²) in [5, 5.41) is 14.6. The average molecular weight is 386 g/mol. The maximum atomic E-state index is 12.5. The maximum absolute atomic E-state index is 12.5. The van der Waals surface area contributed by atoms with Crippen molar-refractivity contribution in [3.05, 3.63) is 34.1 Å². The summed E-state index contributed by atoms with van der Waals surface area (Å²) in [5.74, 6) is 2.62. The van der Waals surface area contributed by atoms with Gasteiger partial charge in [0.15, 0.2) is 5.82 Å². The number of carbonyl (C=O) groups excluding carboxylic acids is 1. The second-order valence-electron chi connectivity index (χ2n) is 6.70. The van der Waals surface area contributed by atoms with Gasteiger partial charge in [-0.05, 0) is 44.3 Å². The number of hydrogen-bond donors (Lipinski definition) is 2. The Balaban J connectivity index is 1.43. The topological polar surface area (TPSA) is 97.9 Å². The molecule has 27 heavy (non-hydrogen) atoms. The number of rotatable bonds is 5. The molecule has 0 saturated carbocycles. The van der Waals surface area contributed by atoms with Crippen molar-refractivity contribution in [2.75, 3.05) is 18.4 Å². The van der Waals surface area contributed by atoms with Crippen LogP contribution in [0, 0.1) is 6.92 Å². The van der Waals surface area contributed by atoms with Gasteiger partial charge in [0, 0.05) is 23.9 Å². The predicted octanol–water partition coefficient (Wildman–Crippen LogP) is 2.49. The standard InChI is InChI=1S/C18H22N6O2S/c1-11-14(20-17(26-11)13-5-8-27-10-13)9-15(25)21-18-22-16(23-24(18)2)12-3-6-19-7-4-12/h5,8,10,12,19H,3-4,6-7,9H2,1-2H3,(H,21,22,23,25). The quantitative estimate of drug-likeness (QED) is 0.699. The van der Waals surface area contributed by atoms with E-state index in [9.17, 15) is 4.79 Å². The minimum absolute atomic E-state index is 0.134. The molecule has 3 aromatic heterocycles. The highest BCUT2D eigenvalue weighted by Crippen LogP contribution is 2.25. The Kier molecular flexibility index (Phi) is 5.04. The Hall–Kier alpha value is -2.52. The molecule has 4 heterocycles. The molecule has 1 amide bonds. The van der Waals surface area contributed by atoms with Gasteiger partial charge in [0.25, 0.3) is 0 Å².